The van der Waals surface area contributed by atoms with E-state index in [0.717, 1.165) is 18.4 Å². The van der Waals surface area contributed by atoms with E-state index in [2.05, 4.69) is 9.62 Å². The van der Waals surface area contributed by atoms with Gasteiger partial charge in [0.1, 0.15) is 0 Å². The van der Waals surface area contributed by atoms with Crippen LogP contribution in [0.1, 0.15) is 37.7 Å². The average Bonchev–Trinajstić information content (AvgIpc) is 2.46. The molecule has 1 saturated carbocycles. The molecule has 2 fully saturated rings. The maximum absolute atomic E-state index is 12.2. The number of piperidine rings is 1. The van der Waals surface area contributed by atoms with Gasteiger partial charge in [-0.2, -0.15) is 0 Å². The molecule has 1 N–H and O–H groups in total. The van der Waals surface area contributed by atoms with Gasteiger partial charge in [-0.05, 0) is 56.5 Å². The molecule has 0 unspecified atom stereocenters. The van der Waals surface area contributed by atoms with Crippen molar-refractivity contribution in [2.45, 2.75) is 49.9 Å². The lowest BCUT2D eigenvalue weighted by molar-refractivity contribution is 0.0857. The minimum Gasteiger partial charge on any atom is -0.300 e. The highest BCUT2D eigenvalue weighted by molar-refractivity contribution is 7.88. The maximum Gasteiger partial charge on any atom is 0.216 e. The molecule has 6 heteroatoms. The average molecular weight is 343 g/mol. The zero-order valence-corrected chi connectivity index (χ0v) is 14.2. The first-order valence-electron chi connectivity index (χ1n) is 8.00. The predicted molar refractivity (Wildman–Crippen MR) is 89.4 cm³/mol. The lowest BCUT2D eigenvalue weighted by atomic mass is 9.85. The van der Waals surface area contributed by atoms with Crippen molar-refractivity contribution in [3.63, 3.8) is 0 Å². The standard InChI is InChI=1S/C16H23ClN2O2S/c17-14-6-4-13(5-7-14)12-22(20,21)18-15-10-16(11-15)19-8-2-1-3-9-19/h4-7,15-16,18H,1-3,8-12H2. The molecule has 2 aliphatic rings. The van der Waals surface area contributed by atoms with Gasteiger partial charge in [-0.25, -0.2) is 13.1 Å². The third-order valence-electron chi connectivity index (χ3n) is 4.64. The zero-order valence-electron chi connectivity index (χ0n) is 12.7. The Morgan fingerprint density at radius 1 is 1.09 bits per heavy atom. The van der Waals surface area contributed by atoms with Crippen LogP contribution in [0.2, 0.25) is 5.02 Å². The summed E-state index contributed by atoms with van der Waals surface area (Å²) in [5.74, 6) is 0.0229. The molecule has 1 aromatic carbocycles. The number of nitrogens with one attached hydrogen (secondary N) is 1. The Bertz CT molecular complexity index is 591. The van der Waals surface area contributed by atoms with E-state index in [1.165, 1.54) is 32.4 Å². The summed E-state index contributed by atoms with van der Waals surface area (Å²) < 4.78 is 27.3. The maximum atomic E-state index is 12.2. The van der Waals surface area contributed by atoms with E-state index in [-0.39, 0.29) is 11.8 Å². The van der Waals surface area contributed by atoms with E-state index < -0.39 is 10.0 Å². The Morgan fingerprint density at radius 2 is 1.73 bits per heavy atom. The quantitative estimate of drug-likeness (QED) is 0.895. The second-order valence-corrected chi connectivity index (χ2v) is 8.61. The first-order valence-corrected chi connectivity index (χ1v) is 10.0. The summed E-state index contributed by atoms with van der Waals surface area (Å²) in [6.07, 6.45) is 5.78. The molecule has 1 heterocycles. The predicted octanol–water partition coefficient (Wildman–Crippen LogP) is 2.78. The van der Waals surface area contributed by atoms with Gasteiger partial charge in [-0.15, -0.1) is 0 Å². The molecule has 4 nitrogen and oxygen atoms in total. The second kappa shape index (κ2) is 6.87. The van der Waals surface area contributed by atoms with Crippen LogP contribution in [0.5, 0.6) is 0 Å². The number of likely N-dealkylation sites (tertiary alicyclic amines) is 1. The van der Waals surface area contributed by atoms with Crippen LogP contribution >= 0.6 is 11.6 Å². The molecule has 1 saturated heterocycles. The van der Waals surface area contributed by atoms with Crippen LogP contribution in [0.3, 0.4) is 0 Å². The lowest BCUT2D eigenvalue weighted by Crippen LogP contribution is -2.54. The van der Waals surface area contributed by atoms with Gasteiger partial charge in [-0.1, -0.05) is 30.2 Å². The van der Waals surface area contributed by atoms with Crippen LogP contribution in [0.25, 0.3) is 0 Å². The van der Waals surface area contributed by atoms with Gasteiger partial charge in [0.25, 0.3) is 0 Å². The Kier molecular flexibility index (Phi) is 5.07. The summed E-state index contributed by atoms with van der Waals surface area (Å²) in [5, 5.41) is 0.623. The van der Waals surface area contributed by atoms with Crippen molar-refractivity contribution in [3.05, 3.63) is 34.9 Å². The largest absolute Gasteiger partial charge is 0.300 e. The van der Waals surface area contributed by atoms with Gasteiger partial charge in [-0.3, -0.25) is 0 Å². The topological polar surface area (TPSA) is 49.4 Å². The van der Waals surface area contributed by atoms with E-state index in [1.807, 2.05) is 0 Å². The molecule has 1 aromatic rings. The highest BCUT2D eigenvalue weighted by Crippen LogP contribution is 2.28. The van der Waals surface area contributed by atoms with Crippen molar-refractivity contribution in [3.8, 4) is 0 Å². The van der Waals surface area contributed by atoms with E-state index in [4.69, 9.17) is 11.6 Å². The molecular formula is C16H23ClN2O2S. The number of halogens is 1. The van der Waals surface area contributed by atoms with Crippen molar-refractivity contribution in [2.24, 2.45) is 0 Å². The Morgan fingerprint density at radius 3 is 2.36 bits per heavy atom. The van der Waals surface area contributed by atoms with Crippen LogP contribution in [0.4, 0.5) is 0 Å². The van der Waals surface area contributed by atoms with E-state index >= 15 is 0 Å². The molecule has 0 aromatic heterocycles. The lowest BCUT2D eigenvalue weighted by Gasteiger charge is -2.44. The number of benzene rings is 1. The molecular weight excluding hydrogens is 320 g/mol. The first kappa shape index (κ1) is 16.2. The smallest absolute Gasteiger partial charge is 0.216 e. The highest BCUT2D eigenvalue weighted by Gasteiger charge is 2.36. The van der Waals surface area contributed by atoms with E-state index in [0.29, 0.717) is 11.1 Å². The SMILES string of the molecule is O=S(=O)(Cc1ccc(Cl)cc1)NC1CC(N2CCCCC2)C1. The molecule has 0 bridgehead atoms. The fourth-order valence-electron chi connectivity index (χ4n) is 3.36. The summed E-state index contributed by atoms with van der Waals surface area (Å²) in [6, 6.07) is 7.65. The van der Waals surface area contributed by atoms with Crippen LogP contribution in [-0.4, -0.2) is 38.5 Å². The van der Waals surface area contributed by atoms with Gasteiger partial charge >= 0.3 is 0 Å². The first-order chi connectivity index (χ1) is 10.5. The highest BCUT2D eigenvalue weighted by atomic mass is 35.5. The summed E-state index contributed by atoms with van der Waals surface area (Å²) in [4.78, 5) is 2.52. The fourth-order valence-corrected chi connectivity index (χ4v) is 4.90. The molecule has 0 amide bonds. The Balaban J connectivity index is 1.47. The molecule has 22 heavy (non-hydrogen) atoms. The molecule has 0 radical (unpaired) electrons. The summed E-state index contributed by atoms with van der Waals surface area (Å²) in [5.41, 5.74) is 0.767. The number of rotatable bonds is 5. The van der Waals surface area contributed by atoms with E-state index in [1.54, 1.807) is 24.3 Å². The van der Waals surface area contributed by atoms with E-state index in [9.17, 15) is 8.42 Å². The van der Waals surface area contributed by atoms with Crippen LogP contribution in [-0.2, 0) is 15.8 Å². The van der Waals surface area contributed by atoms with Crippen LogP contribution in [0, 0.1) is 0 Å². The third-order valence-corrected chi connectivity index (χ3v) is 6.29. The van der Waals surface area contributed by atoms with Gasteiger partial charge in [0.2, 0.25) is 10.0 Å². The van der Waals surface area contributed by atoms with Gasteiger partial charge in [0.05, 0.1) is 5.75 Å². The van der Waals surface area contributed by atoms with Crippen molar-refractivity contribution >= 4 is 21.6 Å². The summed E-state index contributed by atoms with van der Waals surface area (Å²) in [6.45, 7) is 2.35. The molecule has 0 atom stereocenters. The fraction of sp³-hybridized carbons (Fsp3) is 0.625. The Hall–Kier alpha value is -0.620. The van der Waals surface area contributed by atoms with Crippen molar-refractivity contribution in [1.82, 2.24) is 9.62 Å². The third kappa shape index (κ3) is 4.22. The van der Waals surface area contributed by atoms with Gasteiger partial charge < -0.3 is 4.90 Å². The minimum absolute atomic E-state index is 0.0229. The normalized spacial score (nSPS) is 26.6. The van der Waals surface area contributed by atoms with Crippen molar-refractivity contribution < 1.29 is 8.42 Å². The number of hydrogen-bond donors (Lipinski definition) is 1. The molecule has 1 aliphatic carbocycles. The van der Waals surface area contributed by atoms with Gasteiger partial charge in [0, 0.05) is 17.1 Å². The monoisotopic (exact) mass is 342 g/mol. The van der Waals surface area contributed by atoms with Crippen LogP contribution in [0.15, 0.2) is 24.3 Å². The summed E-state index contributed by atoms with van der Waals surface area (Å²) in [7, 11) is -3.27. The second-order valence-electron chi connectivity index (χ2n) is 6.42. The van der Waals surface area contributed by atoms with Crippen molar-refractivity contribution in [1.29, 1.82) is 0 Å². The number of nitrogens with zero attached hydrogens (tertiary/aromatic N) is 1. The molecule has 122 valence electrons. The minimum atomic E-state index is -3.27. The zero-order chi connectivity index (χ0) is 15.6. The number of sulfonamides is 1. The Labute approximate surface area is 137 Å². The molecule has 3 rings (SSSR count). The molecule has 1 aliphatic heterocycles. The number of hydrogen-bond acceptors (Lipinski definition) is 3. The molecule has 0 spiro atoms. The van der Waals surface area contributed by atoms with Crippen molar-refractivity contribution in [2.75, 3.05) is 13.1 Å². The van der Waals surface area contributed by atoms with Crippen LogP contribution < -0.4 is 4.72 Å². The summed E-state index contributed by atoms with van der Waals surface area (Å²) >= 11 is 5.82. The van der Waals surface area contributed by atoms with Gasteiger partial charge in [0.15, 0.2) is 0 Å².